The van der Waals surface area contributed by atoms with Crippen LogP contribution in [0.1, 0.15) is 6.92 Å². The molecule has 0 radical (unpaired) electrons. The second-order valence-corrected chi connectivity index (χ2v) is 3.50. The molecule has 1 aliphatic rings. The summed E-state index contributed by atoms with van der Waals surface area (Å²) < 4.78 is 0. The summed E-state index contributed by atoms with van der Waals surface area (Å²) >= 11 is 0. The predicted molar refractivity (Wildman–Crippen MR) is 62.7 cm³/mol. The molecular formula is C11H11N3O2. The second kappa shape index (κ2) is 4.14. The van der Waals surface area contributed by atoms with Gasteiger partial charge in [0.2, 0.25) is 0 Å². The minimum atomic E-state index is -0.408. The first kappa shape index (κ1) is 10.4. The average molecular weight is 217 g/mol. The van der Waals surface area contributed by atoms with Gasteiger partial charge in [0.15, 0.2) is 0 Å². The van der Waals surface area contributed by atoms with E-state index >= 15 is 0 Å². The van der Waals surface area contributed by atoms with E-state index in [4.69, 9.17) is 0 Å². The quantitative estimate of drug-likeness (QED) is 0.564. The van der Waals surface area contributed by atoms with E-state index in [9.17, 15) is 10.1 Å². The first-order valence-electron chi connectivity index (χ1n) is 4.90. The van der Waals surface area contributed by atoms with Crippen molar-refractivity contribution in [2.75, 3.05) is 11.6 Å². The molecule has 0 saturated carbocycles. The van der Waals surface area contributed by atoms with Crippen molar-refractivity contribution in [2.24, 2.45) is 5.10 Å². The predicted octanol–water partition coefficient (Wildman–Crippen LogP) is 2.35. The molecule has 0 N–H and O–H groups in total. The molecular weight excluding hydrogens is 206 g/mol. The van der Waals surface area contributed by atoms with Gasteiger partial charge >= 0.3 is 0 Å². The Kier molecular flexibility index (Phi) is 2.68. The van der Waals surface area contributed by atoms with Crippen LogP contribution in [0, 0.1) is 10.1 Å². The van der Waals surface area contributed by atoms with E-state index in [0.717, 1.165) is 11.4 Å². The van der Waals surface area contributed by atoms with E-state index in [0.29, 0.717) is 6.54 Å². The molecule has 5 heteroatoms. The fourth-order valence-corrected chi connectivity index (χ4v) is 1.50. The van der Waals surface area contributed by atoms with Crippen molar-refractivity contribution < 1.29 is 4.92 Å². The number of hydrazone groups is 1. The lowest BCUT2D eigenvalue weighted by atomic mass is 10.2. The summed E-state index contributed by atoms with van der Waals surface area (Å²) in [6, 6.07) is 6.37. The standard InChI is InChI=1S/C11H11N3O2/c1-9-3-2-8-13(12-9)10-4-6-11(7-5-10)14(15)16/h2-7H,8H2,1H3. The molecule has 0 saturated heterocycles. The number of benzene rings is 1. The Morgan fingerprint density at radius 1 is 1.38 bits per heavy atom. The number of nitro groups is 1. The van der Waals surface area contributed by atoms with Gasteiger partial charge in [-0.15, -0.1) is 0 Å². The first-order valence-corrected chi connectivity index (χ1v) is 4.90. The van der Waals surface area contributed by atoms with Gasteiger partial charge in [-0.1, -0.05) is 6.08 Å². The van der Waals surface area contributed by atoms with Crippen LogP contribution in [0.2, 0.25) is 0 Å². The van der Waals surface area contributed by atoms with Gasteiger partial charge in [-0.25, -0.2) is 0 Å². The monoisotopic (exact) mass is 217 g/mol. The Labute approximate surface area is 92.8 Å². The number of nitro benzene ring substituents is 1. The average Bonchev–Trinajstić information content (AvgIpc) is 2.29. The van der Waals surface area contributed by atoms with Crippen LogP contribution in [0.15, 0.2) is 41.5 Å². The molecule has 0 fully saturated rings. The van der Waals surface area contributed by atoms with E-state index < -0.39 is 4.92 Å². The van der Waals surface area contributed by atoms with Gasteiger partial charge in [-0.2, -0.15) is 5.10 Å². The zero-order valence-electron chi connectivity index (χ0n) is 8.83. The molecule has 0 spiro atoms. The summed E-state index contributed by atoms with van der Waals surface area (Å²) in [5.74, 6) is 0. The normalized spacial score (nSPS) is 14.8. The van der Waals surface area contributed by atoms with Crippen LogP contribution in [0.3, 0.4) is 0 Å². The number of hydrogen-bond donors (Lipinski definition) is 0. The maximum absolute atomic E-state index is 10.5. The second-order valence-electron chi connectivity index (χ2n) is 3.50. The minimum Gasteiger partial charge on any atom is -0.261 e. The van der Waals surface area contributed by atoms with Gasteiger partial charge < -0.3 is 0 Å². The zero-order valence-corrected chi connectivity index (χ0v) is 8.83. The Morgan fingerprint density at radius 3 is 2.62 bits per heavy atom. The van der Waals surface area contributed by atoms with Gasteiger partial charge in [0.1, 0.15) is 0 Å². The van der Waals surface area contributed by atoms with E-state index in [1.165, 1.54) is 12.1 Å². The lowest BCUT2D eigenvalue weighted by Gasteiger charge is -2.20. The summed E-state index contributed by atoms with van der Waals surface area (Å²) in [6.07, 6.45) is 3.95. The number of anilines is 1. The van der Waals surface area contributed by atoms with Gasteiger partial charge in [0.25, 0.3) is 5.69 Å². The molecule has 0 atom stereocenters. The minimum absolute atomic E-state index is 0.0944. The molecule has 2 rings (SSSR count). The van der Waals surface area contributed by atoms with Crippen molar-refractivity contribution in [3.63, 3.8) is 0 Å². The van der Waals surface area contributed by atoms with Crippen LogP contribution in [0.4, 0.5) is 11.4 Å². The van der Waals surface area contributed by atoms with Crippen molar-refractivity contribution >= 4 is 17.1 Å². The third-order valence-corrected chi connectivity index (χ3v) is 2.27. The SMILES string of the molecule is CC1=NN(c2ccc([N+](=O)[O-])cc2)CC=C1. The number of rotatable bonds is 2. The summed E-state index contributed by atoms with van der Waals surface area (Å²) in [7, 11) is 0. The number of hydrogen-bond acceptors (Lipinski definition) is 4. The van der Waals surface area contributed by atoms with E-state index in [-0.39, 0.29) is 5.69 Å². The van der Waals surface area contributed by atoms with Crippen LogP contribution in [-0.2, 0) is 0 Å². The van der Waals surface area contributed by atoms with Crippen molar-refractivity contribution in [3.8, 4) is 0 Å². The van der Waals surface area contributed by atoms with Crippen molar-refractivity contribution in [1.29, 1.82) is 0 Å². The van der Waals surface area contributed by atoms with E-state index in [2.05, 4.69) is 5.10 Å². The molecule has 0 unspecified atom stereocenters. The zero-order chi connectivity index (χ0) is 11.5. The molecule has 82 valence electrons. The largest absolute Gasteiger partial charge is 0.269 e. The molecule has 16 heavy (non-hydrogen) atoms. The number of allylic oxidation sites excluding steroid dienone is 1. The third-order valence-electron chi connectivity index (χ3n) is 2.27. The van der Waals surface area contributed by atoms with Crippen molar-refractivity contribution in [1.82, 2.24) is 0 Å². The number of nitrogens with zero attached hydrogens (tertiary/aromatic N) is 3. The highest BCUT2D eigenvalue weighted by Crippen LogP contribution is 2.20. The highest BCUT2D eigenvalue weighted by molar-refractivity contribution is 5.94. The summed E-state index contributed by atoms with van der Waals surface area (Å²) in [5, 5.41) is 16.6. The summed E-state index contributed by atoms with van der Waals surface area (Å²) in [5.41, 5.74) is 1.87. The van der Waals surface area contributed by atoms with Crippen LogP contribution < -0.4 is 5.01 Å². The highest BCUT2D eigenvalue weighted by atomic mass is 16.6. The van der Waals surface area contributed by atoms with Gasteiger partial charge in [0, 0.05) is 12.1 Å². The molecule has 1 aromatic carbocycles. The fourth-order valence-electron chi connectivity index (χ4n) is 1.50. The van der Waals surface area contributed by atoms with Crippen LogP contribution in [0.5, 0.6) is 0 Å². The lowest BCUT2D eigenvalue weighted by molar-refractivity contribution is -0.384. The Morgan fingerprint density at radius 2 is 2.06 bits per heavy atom. The Hall–Kier alpha value is -2.17. The van der Waals surface area contributed by atoms with Crippen molar-refractivity contribution in [3.05, 3.63) is 46.5 Å². The smallest absolute Gasteiger partial charge is 0.261 e. The fraction of sp³-hybridized carbons (Fsp3) is 0.182. The molecule has 1 heterocycles. The van der Waals surface area contributed by atoms with Crippen LogP contribution >= 0.6 is 0 Å². The van der Waals surface area contributed by atoms with Crippen LogP contribution in [-0.4, -0.2) is 17.2 Å². The highest BCUT2D eigenvalue weighted by Gasteiger charge is 2.09. The first-order chi connectivity index (χ1) is 7.66. The van der Waals surface area contributed by atoms with Crippen LogP contribution in [0.25, 0.3) is 0 Å². The maximum atomic E-state index is 10.5. The summed E-state index contributed by atoms with van der Waals surface area (Å²) in [6.45, 7) is 2.60. The van der Waals surface area contributed by atoms with E-state index in [1.807, 2.05) is 19.1 Å². The molecule has 0 bridgehead atoms. The Bertz CT molecular complexity index is 463. The van der Waals surface area contributed by atoms with E-state index in [1.54, 1.807) is 17.1 Å². The Balaban J connectivity index is 2.22. The maximum Gasteiger partial charge on any atom is 0.269 e. The molecule has 0 aromatic heterocycles. The summed E-state index contributed by atoms with van der Waals surface area (Å²) in [4.78, 5) is 10.1. The molecule has 5 nitrogen and oxygen atoms in total. The molecule has 1 aliphatic heterocycles. The van der Waals surface area contributed by atoms with Crippen molar-refractivity contribution in [2.45, 2.75) is 6.92 Å². The molecule has 0 amide bonds. The topological polar surface area (TPSA) is 58.7 Å². The molecule has 1 aromatic rings. The lowest BCUT2D eigenvalue weighted by Crippen LogP contribution is -2.20. The third kappa shape index (κ3) is 2.08. The van der Waals surface area contributed by atoms with Gasteiger partial charge in [-0.05, 0) is 25.1 Å². The van der Waals surface area contributed by atoms with Gasteiger partial charge in [-0.3, -0.25) is 15.1 Å². The van der Waals surface area contributed by atoms with Gasteiger partial charge in [0.05, 0.1) is 22.9 Å². The number of non-ortho nitro benzene ring substituents is 1. The molecule has 0 aliphatic carbocycles.